The Morgan fingerprint density at radius 3 is 2.50 bits per heavy atom. The molecular formula is C12H15. The number of allylic oxidation sites excluding steroid dienone is 1. The average Bonchev–Trinajstić information content (AvgIpc) is 2.15. The van der Waals surface area contributed by atoms with Crippen LogP contribution in [0.4, 0.5) is 0 Å². The van der Waals surface area contributed by atoms with Crippen LogP contribution in [0.1, 0.15) is 25.3 Å². The third-order valence-electron chi connectivity index (χ3n) is 2.00. The highest BCUT2D eigenvalue weighted by Crippen LogP contribution is 2.21. The Morgan fingerprint density at radius 2 is 2.00 bits per heavy atom. The van der Waals surface area contributed by atoms with Crippen LogP contribution >= 0.6 is 0 Å². The summed E-state index contributed by atoms with van der Waals surface area (Å²) in [6.45, 7) is 5.94. The van der Waals surface area contributed by atoms with E-state index in [4.69, 9.17) is 0 Å². The molecule has 0 spiro atoms. The second kappa shape index (κ2) is 4.76. The van der Waals surface area contributed by atoms with Crippen LogP contribution in [0.2, 0.25) is 0 Å². The molecule has 0 unspecified atom stereocenters. The monoisotopic (exact) mass is 159 g/mol. The standard InChI is InChI=1S/C12H15/c1-3-8-11(4-2)12-9-6-5-7-10-12/h3,5-7,9-10H,1,4,8H2,2H3. The normalized spacial score (nSPS) is 10.2. The molecule has 0 aromatic heterocycles. The molecule has 0 bridgehead atoms. The zero-order valence-electron chi connectivity index (χ0n) is 7.59. The lowest BCUT2D eigenvalue weighted by atomic mass is 9.93. The molecule has 0 amide bonds. The fourth-order valence-corrected chi connectivity index (χ4v) is 1.31. The highest BCUT2D eigenvalue weighted by atomic mass is 14.1. The molecule has 0 saturated heterocycles. The van der Waals surface area contributed by atoms with Crippen LogP contribution in [0, 0.1) is 5.92 Å². The molecule has 0 aliphatic rings. The average molecular weight is 159 g/mol. The smallest absolute Gasteiger partial charge is 0.00843 e. The van der Waals surface area contributed by atoms with E-state index in [0.717, 1.165) is 12.8 Å². The zero-order chi connectivity index (χ0) is 8.81. The minimum atomic E-state index is 1.00. The lowest BCUT2D eigenvalue weighted by Crippen LogP contribution is -1.95. The Labute approximate surface area is 74.9 Å². The van der Waals surface area contributed by atoms with E-state index in [1.165, 1.54) is 11.5 Å². The van der Waals surface area contributed by atoms with Gasteiger partial charge in [-0.25, -0.2) is 0 Å². The maximum Gasteiger partial charge on any atom is 0.00843 e. The lowest BCUT2D eigenvalue weighted by molar-refractivity contribution is 0.894. The SMILES string of the molecule is C=CC[C](CC)c1ccccc1. The predicted molar refractivity (Wildman–Crippen MR) is 53.9 cm³/mol. The molecule has 1 aromatic rings. The van der Waals surface area contributed by atoms with E-state index in [1.807, 2.05) is 12.1 Å². The molecule has 0 atom stereocenters. The summed E-state index contributed by atoms with van der Waals surface area (Å²) in [5.41, 5.74) is 1.35. The molecule has 0 saturated carbocycles. The quantitative estimate of drug-likeness (QED) is 0.589. The van der Waals surface area contributed by atoms with Crippen LogP contribution < -0.4 is 0 Å². The van der Waals surface area contributed by atoms with Crippen molar-refractivity contribution < 1.29 is 0 Å². The third-order valence-corrected chi connectivity index (χ3v) is 2.00. The molecule has 1 radical (unpaired) electrons. The van der Waals surface area contributed by atoms with Crippen LogP contribution in [-0.2, 0) is 0 Å². The largest absolute Gasteiger partial charge is 0.103 e. The molecule has 0 aliphatic carbocycles. The van der Waals surface area contributed by atoms with Crippen molar-refractivity contribution in [1.29, 1.82) is 0 Å². The maximum absolute atomic E-state index is 3.75. The van der Waals surface area contributed by atoms with Crippen LogP contribution in [0.5, 0.6) is 0 Å². The van der Waals surface area contributed by atoms with Gasteiger partial charge >= 0.3 is 0 Å². The molecule has 1 rings (SSSR count). The second-order valence-electron chi connectivity index (χ2n) is 2.82. The molecule has 0 heteroatoms. The Bertz CT molecular complexity index is 223. The molecule has 0 fully saturated rings. The minimum Gasteiger partial charge on any atom is -0.103 e. The van der Waals surface area contributed by atoms with E-state index >= 15 is 0 Å². The van der Waals surface area contributed by atoms with E-state index in [1.54, 1.807) is 0 Å². The third kappa shape index (κ3) is 2.23. The van der Waals surface area contributed by atoms with Gasteiger partial charge in [0.15, 0.2) is 0 Å². The van der Waals surface area contributed by atoms with Gasteiger partial charge in [0.05, 0.1) is 0 Å². The first-order valence-electron chi connectivity index (χ1n) is 4.39. The van der Waals surface area contributed by atoms with Gasteiger partial charge in [-0.15, -0.1) is 6.58 Å². The molecule has 0 heterocycles. The van der Waals surface area contributed by atoms with E-state index in [-0.39, 0.29) is 0 Å². The van der Waals surface area contributed by atoms with Crippen molar-refractivity contribution in [1.82, 2.24) is 0 Å². The highest BCUT2D eigenvalue weighted by Gasteiger charge is 2.05. The molecule has 0 nitrogen and oxygen atoms in total. The van der Waals surface area contributed by atoms with Crippen molar-refractivity contribution in [3.8, 4) is 0 Å². The van der Waals surface area contributed by atoms with Gasteiger partial charge in [-0.3, -0.25) is 0 Å². The predicted octanol–water partition coefficient (Wildman–Crippen LogP) is 3.60. The highest BCUT2D eigenvalue weighted by molar-refractivity contribution is 5.30. The fraction of sp³-hybridized carbons (Fsp3) is 0.250. The molecule has 63 valence electrons. The molecule has 12 heavy (non-hydrogen) atoms. The van der Waals surface area contributed by atoms with Gasteiger partial charge in [0.1, 0.15) is 0 Å². The van der Waals surface area contributed by atoms with Crippen LogP contribution in [0.25, 0.3) is 0 Å². The van der Waals surface area contributed by atoms with Crippen molar-refractivity contribution >= 4 is 0 Å². The van der Waals surface area contributed by atoms with Crippen LogP contribution in [0.3, 0.4) is 0 Å². The number of benzene rings is 1. The summed E-state index contributed by atoms with van der Waals surface area (Å²) < 4.78 is 0. The van der Waals surface area contributed by atoms with Gasteiger partial charge in [-0.2, -0.15) is 0 Å². The Hall–Kier alpha value is -1.04. The van der Waals surface area contributed by atoms with E-state index < -0.39 is 0 Å². The van der Waals surface area contributed by atoms with Gasteiger partial charge in [-0.1, -0.05) is 43.3 Å². The van der Waals surface area contributed by atoms with E-state index in [0.29, 0.717) is 0 Å². The first-order chi connectivity index (χ1) is 5.88. The van der Waals surface area contributed by atoms with Crippen molar-refractivity contribution in [3.63, 3.8) is 0 Å². The van der Waals surface area contributed by atoms with Gasteiger partial charge in [0.2, 0.25) is 0 Å². The minimum absolute atomic E-state index is 1.00. The summed E-state index contributed by atoms with van der Waals surface area (Å²) in [6, 6.07) is 10.5. The fourth-order valence-electron chi connectivity index (χ4n) is 1.31. The summed E-state index contributed by atoms with van der Waals surface area (Å²) in [4.78, 5) is 0. The Kier molecular flexibility index (Phi) is 3.59. The Balaban J connectivity index is 2.72. The number of rotatable bonds is 4. The van der Waals surface area contributed by atoms with E-state index in [9.17, 15) is 0 Å². The van der Waals surface area contributed by atoms with Gasteiger partial charge in [0, 0.05) is 5.92 Å². The van der Waals surface area contributed by atoms with Crippen molar-refractivity contribution in [3.05, 3.63) is 54.5 Å². The molecular weight excluding hydrogens is 144 g/mol. The van der Waals surface area contributed by atoms with E-state index in [2.05, 4.69) is 37.8 Å². The van der Waals surface area contributed by atoms with Gasteiger partial charge in [0.25, 0.3) is 0 Å². The summed E-state index contributed by atoms with van der Waals surface area (Å²) in [5.74, 6) is 1.46. The Morgan fingerprint density at radius 1 is 1.33 bits per heavy atom. The molecule has 0 aliphatic heterocycles. The molecule has 1 aromatic carbocycles. The topological polar surface area (TPSA) is 0 Å². The van der Waals surface area contributed by atoms with Crippen molar-refractivity contribution in [2.45, 2.75) is 19.8 Å². The van der Waals surface area contributed by atoms with Crippen molar-refractivity contribution in [2.75, 3.05) is 0 Å². The summed E-state index contributed by atoms with van der Waals surface area (Å²) in [7, 11) is 0. The lowest BCUT2D eigenvalue weighted by Gasteiger charge is -2.11. The zero-order valence-corrected chi connectivity index (χ0v) is 7.59. The second-order valence-corrected chi connectivity index (χ2v) is 2.82. The number of hydrogen-bond donors (Lipinski definition) is 0. The molecule has 0 N–H and O–H groups in total. The first kappa shape index (κ1) is 9.05. The first-order valence-corrected chi connectivity index (χ1v) is 4.39. The number of hydrogen-bond acceptors (Lipinski definition) is 0. The van der Waals surface area contributed by atoms with Crippen LogP contribution in [-0.4, -0.2) is 0 Å². The van der Waals surface area contributed by atoms with Crippen molar-refractivity contribution in [2.24, 2.45) is 0 Å². The summed E-state index contributed by atoms with van der Waals surface area (Å²) >= 11 is 0. The summed E-state index contributed by atoms with van der Waals surface area (Å²) in [5, 5.41) is 0. The maximum atomic E-state index is 3.75. The van der Waals surface area contributed by atoms with Crippen LogP contribution in [0.15, 0.2) is 43.0 Å². The summed E-state index contributed by atoms with van der Waals surface area (Å²) in [6.07, 6.45) is 4.07. The van der Waals surface area contributed by atoms with Gasteiger partial charge in [-0.05, 0) is 18.4 Å². The van der Waals surface area contributed by atoms with Gasteiger partial charge < -0.3 is 0 Å².